The van der Waals surface area contributed by atoms with Crippen LogP contribution in [0.15, 0.2) is 24.3 Å². The highest BCUT2D eigenvalue weighted by molar-refractivity contribution is 5.28. The Bertz CT molecular complexity index is 342. The molecule has 0 radical (unpaired) electrons. The molecule has 82 valence electrons. The van der Waals surface area contributed by atoms with E-state index in [2.05, 4.69) is 11.8 Å². The first-order valence-electron chi connectivity index (χ1n) is 5.40. The molecule has 0 amide bonds. The molecule has 1 aliphatic rings. The van der Waals surface area contributed by atoms with Gasteiger partial charge in [-0.15, -0.1) is 0 Å². The number of hydrogen-bond donors (Lipinski definition) is 1. The normalized spacial score (nSPS) is 29.1. The van der Waals surface area contributed by atoms with Crippen molar-refractivity contribution in [2.45, 2.75) is 25.4 Å². The molecule has 0 saturated carbocycles. The lowest BCUT2D eigenvalue weighted by Gasteiger charge is -2.02. The zero-order chi connectivity index (χ0) is 10.8. The summed E-state index contributed by atoms with van der Waals surface area (Å²) in [6, 6.07) is 7.01. The highest BCUT2D eigenvalue weighted by atomic mass is 19.1. The van der Waals surface area contributed by atoms with Gasteiger partial charge in [0.05, 0.1) is 18.7 Å². The van der Waals surface area contributed by atoms with Crippen LogP contribution in [0.5, 0.6) is 0 Å². The van der Waals surface area contributed by atoms with Crippen LogP contribution in [0.4, 0.5) is 4.39 Å². The van der Waals surface area contributed by atoms with Crippen LogP contribution in [-0.4, -0.2) is 29.2 Å². The standard InChI is InChI=1S/C12H16FNO/c1-2-7-14-11(8-15)12(14)9-5-3-4-6-10(9)13/h3-6,11-12,15H,2,7-8H2,1H3/t11-,12-,14?/m1/s1. The third kappa shape index (κ3) is 1.90. The maximum Gasteiger partial charge on any atom is 0.128 e. The minimum absolute atomic E-state index is 0.0798. The van der Waals surface area contributed by atoms with Crippen molar-refractivity contribution in [1.82, 2.24) is 4.90 Å². The first kappa shape index (κ1) is 10.6. The summed E-state index contributed by atoms with van der Waals surface area (Å²) in [5.74, 6) is -0.167. The average molecular weight is 209 g/mol. The van der Waals surface area contributed by atoms with Gasteiger partial charge in [0.15, 0.2) is 0 Å². The van der Waals surface area contributed by atoms with E-state index in [-0.39, 0.29) is 24.5 Å². The van der Waals surface area contributed by atoms with E-state index < -0.39 is 0 Å². The quantitative estimate of drug-likeness (QED) is 0.766. The monoisotopic (exact) mass is 209 g/mol. The van der Waals surface area contributed by atoms with E-state index in [0.717, 1.165) is 13.0 Å². The Morgan fingerprint density at radius 2 is 2.13 bits per heavy atom. The van der Waals surface area contributed by atoms with Crippen molar-refractivity contribution in [3.63, 3.8) is 0 Å². The number of nitrogens with zero attached hydrogens (tertiary/aromatic N) is 1. The molecular formula is C12H16FNO. The molecule has 0 bridgehead atoms. The van der Waals surface area contributed by atoms with E-state index in [0.29, 0.717) is 5.56 Å². The third-order valence-corrected chi connectivity index (χ3v) is 2.95. The molecule has 15 heavy (non-hydrogen) atoms. The lowest BCUT2D eigenvalue weighted by molar-refractivity contribution is 0.273. The van der Waals surface area contributed by atoms with E-state index in [4.69, 9.17) is 5.11 Å². The zero-order valence-corrected chi connectivity index (χ0v) is 8.86. The summed E-state index contributed by atoms with van der Waals surface area (Å²) in [5, 5.41) is 9.16. The molecule has 1 unspecified atom stereocenters. The van der Waals surface area contributed by atoms with Gasteiger partial charge in [0.1, 0.15) is 5.82 Å². The van der Waals surface area contributed by atoms with Crippen LogP contribution in [0.25, 0.3) is 0 Å². The minimum atomic E-state index is -0.167. The van der Waals surface area contributed by atoms with Gasteiger partial charge in [-0.2, -0.15) is 0 Å². The first-order valence-corrected chi connectivity index (χ1v) is 5.40. The second-order valence-corrected chi connectivity index (χ2v) is 3.95. The Morgan fingerprint density at radius 1 is 1.40 bits per heavy atom. The highest BCUT2D eigenvalue weighted by Crippen LogP contribution is 2.43. The Kier molecular flexibility index (Phi) is 3.03. The van der Waals surface area contributed by atoms with E-state index in [9.17, 15) is 4.39 Å². The van der Waals surface area contributed by atoms with E-state index in [1.54, 1.807) is 12.1 Å². The van der Waals surface area contributed by atoms with Gasteiger partial charge in [-0.05, 0) is 19.0 Å². The topological polar surface area (TPSA) is 23.2 Å². The SMILES string of the molecule is CCCN1[C@H](CO)[C@H]1c1ccccc1F. The molecule has 1 saturated heterocycles. The van der Waals surface area contributed by atoms with Gasteiger partial charge < -0.3 is 5.11 Å². The molecule has 0 spiro atoms. The van der Waals surface area contributed by atoms with Crippen molar-refractivity contribution in [3.05, 3.63) is 35.6 Å². The molecule has 1 aromatic rings. The van der Waals surface area contributed by atoms with E-state index in [1.165, 1.54) is 6.07 Å². The fourth-order valence-electron chi connectivity index (χ4n) is 2.20. The number of halogens is 1. The van der Waals surface area contributed by atoms with Gasteiger partial charge in [0.2, 0.25) is 0 Å². The second-order valence-electron chi connectivity index (χ2n) is 3.95. The lowest BCUT2D eigenvalue weighted by atomic mass is 10.1. The third-order valence-electron chi connectivity index (χ3n) is 2.95. The summed E-state index contributed by atoms with van der Waals surface area (Å²) in [6.07, 6.45) is 1.03. The first-order chi connectivity index (χ1) is 7.29. The molecule has 3 heteroatoms. The van der Waals surface area contributed by atoms with Gasteiger partial charge in [-0.3, -0.25) is 4.90 Å². The van der Waals surface area contributed by atoms with Gasteiger partial charge in [-0.1, -0.05) is 25.1 Å². The van der Waals surface area contributed by atoms with Crippen LogP contribution in [0.2, 0.25) is 0 Å². The maximum absolute atomic E-state index is 13.5. The second kappa shape index (κ2) is 4.29. The summed E-state index contributed by atoms with van der Waals surface area (Å²) in [5.41, 5.74) is 0.713. The Balaban J connectivity index is 2.15. The zero-order valence-electron chi connectivity index (χ0n) is 8.86. The van der Waals surface area contributed by atoms with E-state index in [1.807, 2.05) is 6.07 Å². The van der Waals surface area contributed by atoms with E-state index >= 15 is 0 Å². The average Bonchev–Trinajstić information content (AvgIpc) is 2.92. The smallest absolute Gasteiger partial charge is 0.128 e. The number of aliphatic hydroxyl groups is 1. The Hall–Kier alpha value is -0.930. The van der Waals surface area contributed by atoms with Crippen molar-refractivity contribution in [3.8, 4) is 0 Å². The largest absolute Gasteiger partial charge is 0.395 e. The molecule has 3 atom stereocenters. The molecule has 1 N–H and O–H groups in total. The van der Waals surface area contributed by atoms with Gasteiger partial charge in [0, 0.05) is 5.56 Å². The van der Waals surface area contributed by atoms with Crippen LogP contribution < -0.4 is 0 Å². The summed E-state index contributed by atoms with van der Waals surface area (Å²) >= 11 is 0. The molecule has 1 heterocycles. The highest BCUT2D eigenvalue weighted by Gasteiger charge is 2.47. The van der Waals surface area contributed by atoms with Crippen molar-refractivity contribution >= 4 is 0 Å². The van der Waals surface area contributed by atoms with Gasteiger partial charge in [-0.25, -0.2) is 4.39 Å². The van der Waals surface area contributed by atoms with Crippen molar-refractivity contribution < 1.29 is 9.50 Å². The predicted molar refractivity (Wildman–Crippen MR) is 57.0 cm³/mol. The molecule has 1 fully saturated rings. The van der Waals surface area contributed by atoms with Crippen LogP contribution >= 0.6 is 0 Å². The number of aliphatic hydroxyl groups excluding tert-OH is 1. The van der Waals surface area contributed by atoms with Crippen LogP contribution in [-0.2, 0) is 0 Å². The number of rotatable bonds is 4. The van der Waals surface area contributed by atoms with Gasteiger partial charge in [0.25, 0.3) is 0 Å². The molecular weight excluding hydrogens is 193 g/mol. The fourth-order valence-corrected chi connectivity index (χ4v) is 2.20. The Labute approximate surface area is 89.3 Å². The summed E-state index contributed by atoms with van der Waals surface area (Å²) in [7, 11) is 0. The maximum atomic E-state index is 13.5. The van der Waals surface area contributed by atoms with Crippen molar-refractivity contribution in [2.75, 3.05) is 13.2 Å². The lowest BCUT2D eigenvalue weighted by Crippen LogP contribution is -2.05. The predicted octanol–water partition coefficient (Wildman–Crippen LogP) is 1.95. The summed E-state index contributed by atoms with van der Waals surface area (Å²) in [6.45, 7) is 3.12. The molecule has 0 aromatic heterocycles. The van der Waals surface area contributed by atoms with Crippen molar-refractivity contribution in [1.29, 1.82) is 0 Å². The molecule has 0 aliphatic carbocycles. The summed E-state index contributed by atoms with van der Waals surface area (Å²) in [4.78, 5) is 2.14. The fraction of sp³-hybridized carbons (Fsp3) is 0.500. The molecule has 2 nitrogen and oxygen atoms in total. The Morgan fingerprint density at radius 3 is 2.73 bits per heavy atom. The van der Waals surface area contributed by atoms with Crippen LogP contribution in [0, 0.1) is 5.82 Å². The molecule has 2 rings (SSSR count). The van der Waals surface area contributed by atoms with Crippen molar-refractivity contribution in [2.24, 2.45) is 0 Å². The van der Waals surface area contributed by atoms with Crippen LogP contribution in [0.1, 0.15) is 24.9 Å². The van der Waals surface area contributed by atoms with Gasteiger partial charge >= 0.3 is 0 Å². The molecule has 1 aromatic carbocycles. The van der Waals surface area contributed by atoms with Crippen LogP contribution in [0.3, 0.4) is 0 Å². The minimum Gasteiger partial charge on any atom is -0.395 e. The molecule has 1 aliphatic heterocycles. The summed E-state index contributed by atoms with van der Waals surface area (Å²) < 4.78 is 13.5. The number of benzene rings is 1. The number of hydrogen-bond acceptors (Lipinski definition) is 2.